The fourth-order valence-electron chi connectivity index (χ4n) is 2.79. The van der Waals surface area contributed by atoms with Crippen LogP contribution in [-0.4, -0.2) is 60.4 Å². The minimum absolute atomic E-state index is 0.386. The Morgan fingerprint density at radius 3 is 2.38 bits per heavy atom. The second-order valence-corrected chi connectivity index (χ2v) is 5.47. The monoisotopic (exact) mass is 345 g/mol. The number of aliphatic hydroxyl groups is 3. The first-order chi connectivity index (χ1) is 11.0. The molecule has 1 saturated heterocycles. The van der Waals surface area contributed by atoms with E-state index in [1.807, 2.05) is 0 Å². The number of nitrogen functional groups attached to an aromatic ring is 1. The smallest absolute Gasteiger partial charge is 0.351 e. The third kappa shape index (κ3) is 2.17. The number of nitrogens with zero attached hydrogens (tertiary/aromatic N) is 2. The van der Waals surface area contributed by atoms with Crippen molar-refractivity contribution in [3.8, 4) is 0 Å². The van der Waals surface area contributed by atoms with Crippen LogP contribution in [0.1, 0.15) is 20.1 Å². The van der Waals surface area contributed by atoms with E-state index in [0.29, 0.717) is 10.8 Å². The van der Waals surface area contributed by atoms with Crippen molar-refractivity contribution in [2.45, 2.75) is 37.4 Å². The van der Waals surface area contributed by atoms with Crippen LogP contribution < -0.4 is 11.4 Å². The summed E-state index contributed by atoms with van der Waals surface area (Å²) in [7, 11) is 0. The minimum atomic E-state index is -2.96. The molecule has 2 heterocycles. The number of Topliss-reactive ketones (excluding diaryl/α,β-unsaturated/α-hetero) is 2. The molecule has 132 valence electrons. The first-order valence-electron chi connectivity index (χ1n) is 6.79. The number of rotatable bonds is 4. The van der Waals surface area contributed by atoms with Gasteiger partial charge in [0.1, 0.15) is 6.10 Å². The maximum absolute atomic E-state index is 13.6. The number of aromatic nitrogens is 2. The maximum Gasteiger partial charge on any atom is 0.351 e. The van der Waals surface area contributed by atoms with Crippen molar-refractivity contribution in [3.63, 3.8) is 0 Å². The van der Waals surface area contributed by atoms with E-state index in [1.54, 1.807) is 0 Å². The SMILES string of the molecule is CC(=O)[C@@]1(O)[C@@H](CO)O[C@@H](n2cc(F)c(N)nc2=O)[C@@]1(O)C(C)=O. The summed E-state index contributed by atoms with van der Waals surface area (Å²) in [5.74, 6) is -4.09. The molecule has 0 unspecified atom stereocenters. The number of hydrogen-bond donors (Lipinski definition) is 4. The lowest BCUT2D eigenvalue weighted by molar-refractivity contribution is -0.181. The molecule has 0 aliphatic carbocycles. The average Bonchev–Trinajstić information content (AvgIpc) is 2.74. The zero-order valence-electron chi connectivity index (χ0n) is 12.8. The Labute approximate surface area is 134 Å². The summed E-state index contributed by atoms with van der Waals surface area (Å²) < 4.78 is 19.2. The van der Waals surface area contributed by atoms with E-state index in [0.717, 1.165) is 13.8 Å². The van der Waals surface area contributed by atoms with Crippen molar-refractivity contribution in [1.29, 1.82) is 0 Å². The van der Waals surface area contributed by atoms with Gasteiger partial charge in [0.15, 0.2) is 35.0 Å². The highest BCUT2D eigenvalue weighted by atomic mass is 19.1. The quantitative estimate of drug-likeness (QED) is 0.461. The van der Waals surface area contributed by atoms with E-state index < -0.39 is 59.0 Å². The highest BCUT2D eigenvalue weighted by Crippen LogP contribution is 2.46. The van der Waals surface area contributed by atoms with Crippen LogP contribution >= 0.6 is 0 Å². The Morgan fingerprint density at radius 1 is 1.38 bits per heavy atom. The minimum Gasteiger partial charge on any atom is -0.394 e. The summed E-state index contributed by atoms with van der Waals surface area (Å²) in [4.78, 5) is 39.0. The zero-order valence-corrected chi connectivity index (χ0v) is 12.8. The Morgan fingerprint density at radius 2 is 1.92 bits per heavy atom. The molecule has 11 heteroatoms. The maximum atomic E-state index is 13.6. The van der Waals surface area contributed by atoms with Gasteiger partial charge < -0.3 is 25.8 Å². The van der Waals surface area contributed by atoms with Crippen LogP contribution in [0.5, 0.6) is 0 Å². The van der Waals surface area contributed by atoms with Crippen LogP contribution in [0.4, 0.5) is 10.2 Å². The summed E-state index contributed by atoms with van der Waals surface area (Å²) in [6, 6.07) is 0. The largest absolute Gasteiger partial charge is 0.394 e. The summed E-state index contributed by atoms with van der Waals surface area (Å²) in [5.41, 5.74) is -1.84. The molecule has 10 nitrogen and oxygen atoms in total. The summed E-state index contributed by atoms with van der Waals surface area (Å²) in [6.07, 6.45) is -3.22. The van der Waals surface area contributed by atoms with Gasteiger partial charge in [-0.05, 0) is 13.8 Å². The van der Waals surface area contributed by atoms with Crippen LogP contribution in [0.25, 0.3) is 0 Å². The molecule has 1 aliphatic rings. The number of carbonyl (C=O) groups excluding carboxylic acids is 2. The summed E-state index contributed by atoms with van der Waals surface area (Å²) in [5, 5.41) is 30.7. The number of ether oxygens (including phenoxy) is 1. The van der Waals surface area contributed by atoms with Gasteiger partial charge >= 0.3 is 5.69 Å². The van der Waals surface area contributed by atoms with Crippen molar-refractivity contribution in [2.75, 3.05) is 12.3 Å². The van der Waals surface area contributed by atoms with E-state index in [9.17, 15) is 34.1 Å². The topological polar surface area (TPSA) is 165 Å². The number of halogens is 1. The van der Waals surface area contributed by atoms with Gasteiger partial charge in [-0.3, -0.25) is 14.2 Å². The number of hydrogen-bond acceptors (Lipinski definition) is 9. The third-order valence-corrected chi connectivity index (χ3v) is 4.12. The van der Waals surface area contributed by atoms with Gasteiger partial charge in [0.25, 0.3) is 0 Å². The first-order valence-corrected chi connectivity index (χ1v) is 6.79. The molecule has 1 aliphatic heterocycles. The average molecular weight is 345 g/mol. The van der Waals surface area contributed by atoms with Gasteiger partial charge in [-0.15, -0.1) is 0 Å². The molecule has 0 saturated carbocycles. The van der Waals surface area contributed by atoms with Crippen molar-refractivity contribution >= 4 is 17.4 Å². The Hall–Kier alpha value is -2.21. The lowest BCUT2D eigenvalue weighted by Gasteiger charge is -2.36. The number of nitrogens with two attached hydrogens (primary N) is 1. The van der Waals surface area contributed by atoms with Crippen LogP contribution in [0.3, 0.4) is 0 Å². The number of carbonyl (C=O) groups is 2. The van der Waals surface area contributed by atoms with E-state index in [-0.39, 0.29) is 0 Å². The van der Waals surface area contributed by atoms with Gasteiger partial charge in [-0.25, -0.2) is 9.18 Å². The Balaban J connectivity index is 2.76. The molecule has 0 radical (unpaired) electrons. The molecule has 0 amide bonds. The predicted octanol–water partition coefficient (Wildman–Crippen LogP) is -2.51. The molecular formula is C13H16FN3O7. The third-order valence-electron chi connectivity index (χ3n) is 4.12. The molecule has 1 aromatic heterocycles. The van der Waals surface area contributed by atoms with Crippen LogP contribution in [0.2, 0.25) is 0 Å². The molecule has 1 fully saturated rings. The van der Waals surface area contributed by atoms with E-state index in [4.69, 9.17) is 10.5 Å². The Bertz CT molecular complexity index is 766. The van der Waals surface area contributed by atoms with Gasteiger partial charge in [-0.2, -0.15) is 4.98 Å². The van der Waals surface area contributed by atoms with Crippen molar-refractivity contribution in [1.82, 2.24) is 9.55 Å². The van der Waals surface area contributed by atoms with E-state index >= 15 is 0 Å². The lowest BCUT2D eigenvalue weighted by Crippen LogP contribution is -2.66. The molecule has 0 aromatic carbocycles. The van der Waals surface area contributed by atoms with Crippen LogP contribution in [-0.2, 0) is 14.3 Å². The second kappa shape index (κ2) is 5.70. The van der Waals surface area contributed by atoms with E-state index in [2.05, 4.69) is 4.98 Å². The van der Waals surface area contributed by atoms with Crippen molar-refractivity contribution in [3.05, 3.63) is 22.5 Å². The molecule has 24 heavy (non-hydrogen) atoms. The first kappa shape index (κ1) is 18.1. The highest BCUT2D eigenvalue weighted by Gasteiger charge is 2.71. The standard InChI is InChI=1S/C13H16FN3O7/c1-5(19)12(22)8(4-18)24-10(13(12,23)6(2)20)17-3-7(14)9(15)16-11(17)21/h3,8,10,18,22-23H,4H2,1-2H3,(H2,15,16,21)/t8-,10-,12-,13+/m1/s1. The second-order valence-electron chi connectivity index (χ2n) is 5.47. The highest BCUT2D eigenvalue weighted by molar-refractivity contribution is 5.98. The summed E-state index contributed by atoms with van der Waals surface area (Å²) in [6.45, 7) is 0.755. The fourth-order valence-corrected chi connectivity index (χ4v) is 2.79. The van der Waals surface area contributed by atoms with Crippen LogP contribution in [0, 0.1) is 5.82 Å². The molecule has 1 aromatic rings. The number of ketones is 2. The van der Waals surface area contributed by atoms with Gasteiger partial charge in [-0.1, -0.05) is 0 Å². The van der Waals surface area contributed by atoms with Gasteiger partial charge in [0.2, 0.25) is 5.60 Å². The molecule has 5 N–H and O–H groups in total. The fraction of sp³-hybridized carbons (Fsp3) is 0.538. The van der Waals surface area contributed by atoms with Gasteiger partial charge in [0, 0.05) is 0 Å². The summed E-state index contributed by atoms with van der Waals surface area (Å²) >= 11 is 0. The van der Waals surface area contributed by atoms with Gasteiger partial charge in [0.05, 0.1) is 12.8 Å². The predicted molar refractivity (Wildman–Crippen MR) is 75.1 cm³/mol. The molecular weight excluding hydrogens is 329 g/mol. The Kier molecular flexibility index (Phi) is 4.31. The number of anilines is 1. The van der Waals surface area contributed by atoms with Crippen molar-refractivity contribution < 1.29 is 34.0 Å². The molecule has 2 rings (SSSR count). The molecule has 0 bridgehead atoms. The molecule has 0 spiro atoms. The zero-order chi connectivity index (χ0) is 18.4. The van der Waals surface area contributed by atoms with Crippen molar-refractivity contribution in [2.24, 2.45) is 0 Å². The van der Waals surface area contributed by atoms with E-state index in [1.165, 1.54) is 0 Å². The lowest BCUT2D eigenvalue weighted by atomic mass is 9.75. The van der Waals surface area contributed by atoms with Crippen LogP contribution in [0.15, 0.2) is 11.0 Å². The molecule has 4 atom stereocenters. The normalized spacial score (nSPS) is 32.8. The number of aliphatic hydroxyl groups excluding tert-OH is 1.